The van der Waals surface area contributed by atoms with Gasteiger partial charge in [0.1, 0.15) is 5.82 Å². The molecule has 0 spiro atoms. The fourth-order valence-electron chi connectivity index (χ4n) is 2.77. The van der Waals surface area contributed by atoms with Gasteiger partial charge in [-0.15, -0.1) is 0 Å². The minimum Gasteiger partial charge on any atom is -0.382 e. The molecule has 4 nitrogen and oxygen atoms in total. The van der Waals surface area contributed by atoms with Gasteiger partial charge in [0.05, 0.1) is 5.69 Å². The van der Waals surface area contributed by atoms with Crippen LogP contribution in [0.2, 0.25) is 0 Å². The number of H-pyrrole nitrogens is 1. The summed E-state index contributed by atoms with van der Waals surface area (Å²) in [6.07, 6.45) is 2.75. The van der Waals surface area contributed by atoms with E-state index in [1.54, 1.807) is 0 Å². The van der Waals surface area contributed by atoms with Gasteiger partial charge < -0.3 is 5.73 Å². The lowest BCUT2D eigenvalue weighted by Gasteiger charge is -2.11. The normalized spacial score (nSPS) is 19.1. The van der Waals surface area contributed by atoms with Gasteiger partial charge in [0.15, 0.2) is 0 Å². The molecule has 1 saturated carbocycles. The standard InChI is InChI=1S/C14H16N4/c15-14-6-13(16-17-14)9-1-2-10-7-18(12-3-4-12)8-11(10)5-9/h1-2,5-6,12H,3-4,7-8H2,(H3,15,16,17). The molecule has 1 aliphatic heterocycles. The zero-order valence-corrected chi connectivity index (χ0v) is 10.2. The van der Waals surface area contributed by atoms with Crippen molar-refractivity contribution in [2.75, 3.05) is 5.73 Å². The highest BCUT2D eigenvalue weighted by Crippen LogP contribution is 2.35. The lowest BCUT2D eigenvalue weighted by Crippen LogP contribution is -2.18. The molecule has 0 unspecified atom stereocenters. The third kappa shape index (κ3) is 1.61. The molecule has 4 heteroatoms. The number of nitrogen functional groups attached to an aromatic ring is 1. The van der Waals surface area contributed by atoms with E-state index >= 15 is 0 Å². The number of nitrogens with one attached hydrogen (secondary N) is 1. The zero-order chi connectivity index (χ0) is 12.1. The van der Waals surface area contributed by atoms with Crippen LogP contribution >= 0.6 is 0 Å². The fraction of sp³-hybridized carbons (Fsp3) is 0.357. The van der Waals surface area contributed by atoms with E-state index < -0.39 is 0 Å². The van der Waals surface area contributed by atoms with E-state index in [9.17, 15) is 0 Å². The Labute approximate surface area is 106 Å². The highest BCUT2D eigenvalue weighted by molar-refractivity contribution is 5.63. The molecule has 2 aromatic rings. The lowest BCUT2D eigenvalue weighted by atomic mass is 10.0. The van der Waals surface area contributed by atoms with E-state index in [1.807, 2.05) is 6.07 Å². The third-order valence-electron chi connectivity index (χ3n) is 3.93. The van der Waals surface area contributed by atoms with Gasteiger partial charge in [0.2, 0.25) is 0 Å². The van der Waals surface area contributed by atoms with Gasteiger partial charge >= 0.3 is 0 Å². The molecule has 18 heavy (non-hydrogen) atoms. The number of benzene rings is 1. The summed E-state index contributed by atoms with van der Waals surface area (Å²) in [5, 5.41) is 6.95. The molecular formula is C14H16N4. The largest absolute Gasteiger partial charge is 0.382 e. The van der Waals surface area contributed by atoms with Crippen molar-refractivity contribution in [2.24, 2.45) is 0 Å². The summed E-state index contributed by atoms with van der Waals surface area (Å²) < 4.78 is 0. The Morgan fingerprint density at radius 2 is 2.00 bits per heavy atom. The number of fused-ring (bicyclic) bond motifs is 1. The van der Waals surface area contributed by atoms with Gasteiger partial charge in [-0.1, -0.05) is 12.1 Å². The molecule has 1 aromatic heterocycles. The summed E-state index contributed by atoms with van der Waals surface area (Å²) in [6.45, 7) is 2.21. The Morgan fingerprint density at radius 1 is 1.17 bits per heavy atom. The van der Waals surface area contributed by atoms with E-state index in [4.69, 9.17) is 5.73 Å². The van der Waals surface area contributed by atoms with Gasteiger partial charge in [-0.05, 0) is 35.6 Å². The molecule has 1 aliphatic carbocycles. The van der Waals surface area contributed by atoms with Crippen LogP contribution in [0, 0.1) is 0 Å². The van der Waals surface area contributed by atoms with E-state index in [-0.39, 0.29) is 0 Å². The number of rotatable bonds is 2. The zero-order valence-electron chi connectivity index (χ0n) is 10.2. The number of hydrogen-bond acceptors (Lipinski definition) is 3. The Balaban J connectivity index is 1.67. The number of nitrogens with two attached hydrogens (primary N) is 1. The highest BCUT2D eigenvalue weighted by Gasteiger charge is 2.32. The minimum absolute atomic E-state index is 0.546. The summed E-state index contributed by atoms with van der Waals surface area (Å²) in [4.78, 5) is 2.58. The Hall–Kier alpha value is -1.81. The van der Waals surface area contributed by atoms with Crippen molar-refractivity contribution >= 4 is 5.82 Å². The average Bonchev–Trinajstić information content (AvgIpc) is 2.99. The fourth-order valence-corrected chi connectivity index (χ4v) is 2.77. The van der Waals surface area contributed by atoms with Gasteiger partial charge in [-0.3, -0.25) is 10.00 Å². The molecule has 0 bridgehead atoms. The number of aromatic nitrogens is 2. The molecule has 1 fully saturated rings. The maximum Gasteiger partial charge on any atom is 0.145 e. The summed E-state index contributed by atoms with van der Waals surface area (Å²) in [5.41, 5.74) is 10.7. The number of nitrogens with zero attached hydrogens (tertiary/aromatic N) is 2. The SMILES string of the molecule is Nc1cc(-c2ccc3c(c2)CN(C2CC2)C3)[nH]n1. The van der Waals surface area contributed by atoms with Crippen LogP contribution in [0.25, 0.3) is 11.3 Å². The Bertz CT molecular complexity index is 598. The first-order valence-corrected chi connectivity index (χ1v) is 6.47. The van der Waals surface area contributed by atoms with Gasteiger partial charge in [0, 0.05) is 25.2 Å². The predicted octanol–water partition coefficient (Wildman–Crippen LogP) is 2.14. The van der Waals surface area contributed by atoms with E-state index in [0.29, 0.717) is 5.82 Å². The second kappa shape index (κ2) is 3.59. The summed E-state index contributed by atoms with van der Waals surface area (Å²) in [7, 11) is 0. The molecule has 0 saturated heterocycles. The van der Waals surface area contributed by atoms with Crippen LogP contribution in [-0.2, 0) is 13.1 Å². The monoisotopic (exact) mass is 240 g/mol. The first-order chi connectivity index (χ1) is 8.79. The predicted molar refractivity (Wildman–Crippen MR) is 70.7 cm³/mol. The van der Waals surface area contributed by atoms with Crippen LogP contribution in [0.3, 0.4) is 0 Å². The van der Waals surface area contributed by atoms with Crippen molar-refractivity contribution in [1.29, 1.82) is 0 Å². The maximum atomic E-state index is 5.65. The molecule has 0 amide bonds. The Morgan fingerprint density at radius 3 is 2.72 bits per heavy atom. The van der Waals surface area contributed by atoms with E-state index in [1.165, 1.54) is 29.5 Å². The van der Waals surface area contributed by atoms with Crippen LogP contribution in [-0.4, -0.2) is 21.1 Å². The third-order valence-corrected chi connectivity index (χ3v) is 3.93. The van der Waals surface area contributed by atoms with Crippen molar-refractivity contribution in [3.63, 3.8) is 0 Å². The highest BCUT2D eigenvalue weighted by atomic mass is 15.2. The number of aromatic amines is 1. The number of anilines is 1. The molecule has 4 rings (SSSR count). The second-order valence-corrected chi connectivity index (χ2v) is 5.33. The topological polar surface area (TPSA) is 57.9 Å². The summed E-state index contributed by atoms with van der Waals surface area (Å²) >= 11 is 0. The molecule has 3 N–H and O–H groups in total. The molecule has 2 aliphatic rings. The quantitative estimate of drug-likeness (QED) is 0.845. The molecule has 92 valence electrons. The van der Waals surface area contributed by atoms with Crippen molar-refractivity contribution in [3.8, 4) is 11.3 Å². The Kier molecular flexibility index (Phi) is 2.02. The van der Waals surface area contributed by atoms with Crippen molar-refractivity contribution in [1.82, 2.24) is 15.1 Å². The first-order valence-electron chi connectivity index (χ1n) is 6.47. The van der Waals surface area contributed by atoms with Gasteiger partial charge in [-0.25, -0.2) is 0 Å². The van der Waals surface area contributed by atoms with Gasteiger partial charge in [0.25, 0.3) is 0 Å². The molecule has 2 heterocycles. The van der Waals surface area contributed by atoms with Crippen molar-refractivity contribution in [2.45, 2.75) is 32.0 Å². The second-order valence-electron chi connectivity index (χ2n) is 5.33. The van der Waals surface area contributed by atoms with Crippen LogP contribution in [0.4, 0.5) is 5.82 Å². The van der Waals surface area contributed by atoms with Crippen LogP contribution in [0.5, 0.6) is 0 Å². The average molecular weight is 240 g/mol. The summed E-state index contributed by atoms with van der Waals surface area (Å²) in [6, 6.07) is 9.38. The molecular weight excluding hydrogens is 224 g/mol. The van der Waals surface area contributed by atoms with Crippen LogP contribution < -0.4 is 5.73 Å². The van der Waals surface area contributed by atoms with E-state index in [0.717, 1.165) is 24.8 Å². The molecule has 0 radical (unpaired) electrons. The van der Waals surface area contributed by atoms with Gasteiger partial charge in [-0.2, -0.15) is 5.10 Å². The molecule has 0 atom stereocenters. The summed E-state index contributed by atoms with van der Waals surface area (Å²) in [5.74, 6) is 0.546. The van der Waals surface area contributed by atoms with Crippen LogP contribution in [0.15, 0.2) is 24.3 Å². The first kappa shape index (κ1) is 10.1. The minimum atomic E-state index is 0.546. The van der Waals surface area contributed by atoms with Crippen LogP contribution in [0.1, 0.15) is 24.0 Å². The lowest BCUT2D eigenvalue weighted by molar-refractivity contribution is 0.273. The molecule has 1 aromatic carbocycles. The van der Waals surface area contributed by atoms with Crippen molar-refractivity contribution < 1.29 is 0 Å². The smallest absolute Gasteiger partial charge is 0.145 e. The van der Waals surface area contributed by atoms with E-state index in [2.05, 4.69) is 33.3 Å². The maximum absolute atomic E-state index is 5.65. The number of hydrogen-bond donors (Lipinski definition) is 2. The van der Waals surface area contributed by atoms with Crippen molar-refractivity contribution in [3.05, 3.63) is 35.4 Å².